The predicted octanol–water partition coefficient (Wildman–Crippen LogP) is 3.41. The van der Waals surface area contributed by atoms with Crippen LogP contribution >= 0.6 is 11.6 Å². The van der Waals surface area contributed by atoms with Gasteiger partial charge in [-0.25, -0.2) is 0 Å². The molecule has 3 heteroatoms. The molecule has 2 aromatic rings. The average molecular weight is 237 g/mol. The largest absolute Gasteiger partial charge is 0.360 e. The first kappa shape index (κ1) is 11.5. The third-order valence-electron chi connectivity index (χ3n) is 3.07. The molecule has 3 N–H and O–H groups in total. The van der Waals surface area contributed by atoms with Gasteiger partial charge in [0.05, 0.1) is 10.5 Å². The molecule has 0 amide bonds. The van der Waals surface area contributed by atoms with Gasteiger partial charge in [0.25, 0.3) is 0 Å². The van der Waals surface area contributed by atoms with Crippen molar-refractivity contribution in [2.45, 2.75) is 26.2 Å². The Morgan fingerprint density at radius 1 is 1.38 bits per heavy atom. The molecule has 16 heavy (non-hydrogen) atoms. The van der Waals surface area contributed by atoms with Gasteiger partial charge in [-0.15, -0.1) is 0 Å². The highest BCUT2D eigenvalue weighted by atomic mass is 35.5. The van der Waals surface area contributed by atoms with Gasteiger partial charge in [0.15, 0.2) is 0 Å². The number of H-pyrrole nitrogens is 1. The number of rotatable bonds is 4. The quantitative estimate of drug-likeness (QED) is 0.785. The first-order chi connectivity index (χ1) is 7.74. The normalized spacial score (nSPS) is 11.2. The molecule has 0 atom stereocenters. The summed E-state index contributed by atoms with van der Waals surface area (Å²) >= 11 is 6.23. The van der Waals surface area contributed by atoms with Crippen molar-refractivity contribution < 1.29 is 0 Å². The monoisotopic (exact) mass is 236 g/mol. The van der Waals surface area contributed by atoms with Crippen LogP contribution in [0.1, 0.15) is 24.0 Å². The molecule has 2 nitrogen and oxygen atoms in total. The third kappa shape index (κ3) is 2.08. The van der Waals surface area contributed by atoms with Crippen molar-refractivity contribution in [3.05, 3.63) is 34.5 Å². The van der Waals surface area contributed by atoms with Crippen LogP contribution in [0.15, 0.2) is 18.3 Å². The Kier molecular flexibility index (Phi) is 3.52. The molecule has 1 aromatic carbocycles. The Hall–Kier alpha value is -0.990. The summed E-state index contributed by atoms with van der Waals surface area (Å²) in [6.07, 6.45) is 5.20. The van der Waals surface area contributed by atoms with Gasteiger partial charge < -0.3 is 10.7 Å². The van der Waals surface area contributed by atoms with Gasteiger partial charge in [0.2, 0.25) is 0 Å². The van der Waals surface area contributed by atoms with E-state index >= 15 is 0 Å². The van der Waals surface area contributed by atoms with Crippen LogP contribution in [0.2, 0.25) is 5.02 Å². The van der Waals surface area contributed by atoms with Crippen molar-refractivity contribution in [1.29, 1.82) is 0 Å². The van der Waals surface area contributed by atoms with Crippen LogP contribution in [0, 0.1) is 6.92 Å². The van der Waals surface area contributed by atoms with E-state index in [2.05, 4.69) is 24.0 Å². The van der Waals surface area contributed by atoms with E-state index in [9.17, 15) is 0 Å². The second-order valence-electron chi connectivity index (χ2n) is 4.15. The van der Waals surface area contributed by atoms with Gasteiger partial charge in [-0.05, 0) is 56.0 Å². The predicted molar refractivity (Wildman–Crippen MR) is 70.0 cm³/mol. The lowest BCUT2D eigenvalue weighted by atomic mass is 10.00. The van der Waals surface area contributed by atoms with Crippen LogP contribution < -0.4 is 5.73 Å². The maximum absolute atomic E-state index is 6.23. The van der Waals surface area contributed by atoms with E-state index in [1.165, 1.54) is 16.5 Å². The zero-order valence-corrected chi connectivity index (χ0v) is 10.3. The number of aromatic nitrogens is 1. The second kappa shape index (κ2) is 4.89. The molecule has 0 saturated heterocycles. The van der Waals surface area contributed by atoms with Crippen LogP contribution in [-0.4, -0.2) is 11.5 Å². The minimum atomic E-state index is 0.763. The second-order valence-corrected chi connectivity index (χ2v) is 4.56. The van der Waals surface area contributed by atoms with E-state index in [0.717, 1.165) is 36.3 Å². The maximum Gasteiger partial charge on any atom is 0.0649 e. The molecule has 0 radical (unpaired) electrons. The summed E-state index contributed by atoms with van der Waals surface area (Å²) in [4.78, 5) is 3.17. The Morgan fingerprint density at radius 3 is 2.94 bits per heavy atom. The lowest BCUT2D eigenvalue weighted by Gasteiger charge is -2.08. The van der Waals surface area contributed by atoms with Gasteiger partial charge in [0, 0.05) is 11.6 Å². The lowest BCUT2D eigenvalue weighted by molar-refractivity contribution is 0.743. The van der Waals surface area contributed by atoms with Crippen LogP contribution in [0.25, 0.3) is 10.9 Å². The maximum atomic E-state index is 6.23. The minimum absolute atomic E-state index is 0.763. The molecule has 0 aliphatic rings. The van der Waals surface area contributed by atoms with Gasteiger partial charge in [-0.1, -0.05) is 11.6 Å². The van der Waals surface area contributed by atoms with Gasteiger partial charge in [0.1, 0.15) is 0 Å². The minimum Gasteiger partial charge on any atom is -0.360 e. The molecule has 0 saturated carbocycles. The van der Waals surface area contributed by atoms with E-state index in [-0.39, 0.29) is 0 Å². The number of aromatic amines is 1. The molecule has 0 fully saturated rings. The van der Waals surface area contributed by atoms with E-state index < -0.39 is 0 Å². The fourth-order valence-corrected chi connectivity index (χ4v) is 2.39. The van der Waals surface area contributed by atoms with E-state index in [1.54, 1.807) is 0 Å². The summed E-state index contributed by atoms with van der Waals surface area (Å²) in [5.41, 5.74) is 9.22. The Bertz CT molecular complexity index is 488. The summed E-state index contributed by atoms with van der Waals surface area (Å²) in [5.74, 6) is 0. The molecule has 1 aromatic heterocycles. The molecule has 0 bridgehead atoms. The molecule has 0 aliphatic heterocycles. The SMILES string of the molecule is Cc1c(CCCCN)cc(Cl)c2[nH]ccc12. The number of nitrogens with one attached hydrogen (secondary N) is 1. The number of hydrogen-bond acceptors (Lipinski definition) is 1. The van der Waals surface area contributed by atoms with Crippen LogP contribution in [-0.2, 0) is 6.42 Å². The third-order valence-corrected chi connectivity index (χ3v) is 3.37. The molecular weight excluding hydrogens is 220 g/mol. The molecular formula is C13H17ClN2. The summed E-state index contributed by atoms with van der Waals surface area (Å²) in [5, 5.41) is 2.04. The first-order valence-electron chi connectivity index (χ1n) is 5.69. The van der Waals surface area contributed by atoms with Gasteiger partial charge in [-0.3, -0.25) is 0 Å². The van der Waals surface area contributed by atoms with Crippen molar-refractivity contribution in [2.75, 3.05) is 6.54 Å². The fourth-order valence-electron chi connectivity index (χ4n) is 2.11. The highest BCUT2D eigenvalue weighted by molar-refractivity contribution is 6.35. The Balaban J connectivity index is 2.34. The zero-order valence-electron chi connectivity index (χ0n) is 9.52. The summed E-state index contributed by atoms with van der Waals surface area (Å²) in [6.45, 7) is 2.92. The van der Waals surface area contributed by atoms with Crippen molar-refractivity contribution in [1.82, 2.24) is 4.98 Å². The average Bonchev–Trinajstić information content (AvgIpc) is 2.75. The molecule has 0 spiro atoms. The molecule has 0 unspecified atom stereocenters. The van der Waals surface area contributed by atoms with Crippen LogP contribution in [0.3, 0.4) is 0 Å². The smallest absolute Gasteiger partial charge is 0.0649 e. The fraction of sp³-hybridized carbons (Fsp3) is 0.385. The highest BCUT2D eigenvalue weighted by Crippen LogP contribution is 2.29. The van der Waals surface area contributed by atoms with Crippen LogP contribution in [0.4, 0.5) is 0 Å². The lowest BCUT2D eigenvalue weighted by Crippen LogP contribution is -2.00. The van der Waals surface area contributed by atoms with E-state index in [4.69, 9.17) is 17.3 Å². The van der Waals surface area contributed by atoms with Crippen molar-refractivity contribution in [3.8, 4) is 0 Å². The number of hydrogen-bond donors (Lipinski definition) is 2. The van der Waals surface area contributed by atoms with E-state index in [0.29, 0.717) is 0 Å². The summed E-state index contributed by atoms with van der Waals surface area (Å²) in [7, 11) is 0. The Labute approximate surface area is 101 Å². The number of aryl methyl sites for hydroxylation is 2. The molecule has 0 aliphatic carbocycles. The van der Waals surface area contributed by atoms with Gasteiger partial charge in [-0.2, -0.15) is 0 Å². The first-order valence-corrected chi connectivity index (χ1v) is 6.07. The van der Waals surface area contributed by atoms with Crippen LogP contribution in [0.5, 0.6) is 0 Å². The number of halogens is 1. The topological polar surface area (TPSA) is 41.8 Å². The molecule has 86 valence electrons. The number of fused-ring (bicyclic) bond motifs is 1. The number of unbranched alkanes of at least 4 members (excludes halogenated alkanes) is 1. The standard InChI is InChI=1S/C13H17ClN2/c1-9-10(4-2-3-6-15)8-12(14)13-11(9)5-7-16-13/h5,7-8,16H,2-4,6,15H2,1H3. The van der Waals surface area contributed by atoms with Crippen molar-refractivity contribution in [2.24, 2.45) is 5.73 Å². The Morgan fingerprint density at radius 2 is 2.19 bits per heavy atom. The van der Waals surface area contributed by atoms with Crippen molar-refractivity contribution in [3.63, 3.8) is 0 Å². The highest BCUT2D eigenvalue weighted by Gasteiger charge is 2.08. The number of nitrogens with two attached hydrogens (primary N) is 1. The number of benzene rings is 1. The summed E-state index contributed by atoms with van der Waals surface area (Å²) in [6, 6.07) is 4.16. The molecule has 2 rings (SSSR count). The van der Waals surface area contributed by atoms with Gasteiger partial charge >= 0.3 is 0 Å². The van der Waals surface area contributed by atoms with Crippen molar-refractivity contribution >= 4 is 22.5 Å². The zero-order chi connectivity index (χ0) is 11.5. The van der Waals surface area contributed by atoms with E-state index in [1.807, 2.05) is 6.20 Å². The molecule has 1 heterocycles. The summed E-state index contributed by atoms with van der Waals surface area (Å²) < 4.78 is 0.